The highest BCUT2D eigenvalue weighted by molar-refractivity contribution is 6.50. The van der Waals surface area contributed by atoms with E-state index >= 15 is 0 Å². The molecule has 0 saturated carbocycles. The SMILES string of the molecule is C1=Nc2ccccc2CNc2ccccc2C=Nc2ccccc2CNc2ccccc21.F[B-](F)(F)F.F[B-](F)(F)F.[H+].[H+]. The third-order valence-corrected chi connectivity index (χ3v) is 5.53. The molecule has 4 nitrogen and oxygen atoms in total. The average Bonchev–Trinajstić information content (AvgIpc) is 2.92. The van der Waals surface area contributed by atoms with Crippen molar-refractivity contribution in [1.82, 2.24) is 0 Å². The number of halogens is 8. The van der Waals surface area contributed by atoms with Gasteiger partial charge in [-0.25, -0.2) is 0 Å². The zero-order chi connectivity index (χ0) is 30.6. The summed E-state index contributed by atoms with van der Waals surface area (Å²) in [5, 5.41) is 7.13. The Balaban J connectivity index is 0.000000705. The van der Waals surface area contributed by atoms with E-state index in [0.29, 0.717) is 13.1 Å². The van der Waals surface area contributed by atoms with E-state index in [-0.39, 0.29) is 2.85 Å². The topological polar surface area (TPSA) is 48.8 Å². The second-order valence-electron chi connectivity index (χ2n) is 8.65. The predicted molar refractivity (Wildman–Crippen MR) is 158 cm³/mol. The minimum atomic E-state index is -6.00. The average molecular weight is 592 g/mol. The van der Waals surface area contributed by atoms with Gasteiger partial charge in [-0.3, -0.25) is 9.98 Å². The number of hydrogen-bond donors (Lipinski definition) is 2. The van der Waals surface area contributed by atoms with Gasteiger partial charge in [0, 0.05) is 48.0 Å². The summed E-state index contributed by atoms with van der Waals surface area (Å²) in [5.41, 5.74) is 8.38. The summed E-state index contributed by atoms with van der Waals surface area (Å²) in [7, 11) is -12.0. The summed E-state index contributed by atoms with van der Waals surface area (Å²) in [6, 6.07) is 32.9. The zero-order valence-corrected chi connectivity index (χ0v) is 21.9. The number of benzene rings is 4. The summed E-state index contributed by atoms with van der Waals surface area (Å²) in [6.45, 7) is 1.35. The second kappa shape index (κ2) is 14.9. The smallest absolute Gasteiger partial charge is 0.418 e. The van der Waals surface area contributed by atoms with Crippen LogP contribution in [0.3, 0.4) is 0 Å². The van der Waals surface area contributed by atoms with Gasteiger partial charge in [0.1, 0.15) is 0 Å². The molecule has 0 saturated heterocycles. The molecule has 1 aliphatic heterocycles. The van der Waals surface area contributed by atoms with Gasteiger partial charge in [-0.1, -0.05) is 72.8 Å². The maximum atomic E-state index is 9.75. The van der Waals surface area contributed by atoms with Crippen molar-refractivity contribution in [3.8, 4) is 0 Å². The van der Waals surface area contributed by atoms with Crippen molar-refractivity contribution in [2.24, 2.45) is 9.98 Å². The van der Waals surface area contributed by atoms with Crippen LogP contribution >= 0.6 is 0 Å². The number of hydrogen-bond acceptors (Lipinski definition) is 4. The summed E-state index contributed by atoms with van der Waals surface area (Å²) < 4.78 is 78.0. The van der Waals surface area contributed by atoms with Gasteiger partial charge < -0.3 is 45.2 Å². The first-order valence-electron chi connectivity index (χ1n) is 12.5. The molecule has 0 aromatic heterocycles. The molecule has 0 amide bonds. The van der Waals surface area contributed by atoms with Crippen LogP contribution in [-0.4, -0.2) is 26.9 Å². The monoisotopic (exact) mass is 592 g/mol. The van der Waals surface area contributed by atoms with Gasteiger partial charge in [0.2, 0.25) is 0 Å². The fourth-order valence-corrected chi connectivity index (χ4v) is 3.77. The normalized spacial score (nSPS) is 12.8. The third-order valence-electron chi connectivity index (χ3n) is 5.53. The van der Waals surface area contributed by atoms with Crippen molar-refractivity contribution in [3.05, 3.63) is 119 Å². The van der Waals surface area contributed by atoms with E-state index in [2.05, 4.69) is 59.2 Å². The molecule has 14 heteroatoms. The Labute approximate surface area is 240 Å². The van der Waals surface area contributed by atoms with Crippen LogP contribution < -0.4 is 10.6 Å². The fourth-order valence-electron chi connectivity index (χ4n) is 3.77. The van der Waals surface area contributed by atoms with E-state index in [1.54, 1.807) is 0 Å². The van der Waals surface area contributed by atoms with Gasteiger partial charge in [0.15, 0.2) is 0 Å². The molecule has 4 aromatic rings. The first-order chi connectivity index (χ1) is 19.9. The van der Waals surface area contributed by atoms with Gasteiger partial charge >= 0.3 is 17.4 Å². The quantitative estimate of drug-likeness (QED) is 0.158. The molecule has 42 heavy (non-hydrogen) atoms. The molecule has 220 valence electrons. The van der Waals surface area contributed by atoms with E-state index in [0.717, 1.165) is 45.0 Å². The molecule has 1 heterocycles. The number of aliphatic imine (C=N–C) groups is 2. The lowest BCUT2D eigenvalue weighted by atomic mass is 10.1. The minimum absolute atomic E-state index is 0. The minimum Gasteiger partial charge on any atom is -0.418 e. The summed E-state index contributed by atoms with van der Waals surface area (Å²) in [4.78, 5) is 9.65. The molecule has 0 spiro atoms. The molecule has 0 unspecified atom stereocenters. The summed E-state index contributed by atoms with van der Waals surface area (Å²) >= 11 is 0. The molecule has 1 aliphatic rings. The number of fused-ring (bicyclic) bond motifs is 4. The molecular formula is C28H26B2F8N4. The van der Waals surface area contributed by atoms with Crippen molar-refractivity contribution < 1.29 is 37.4 Å². The lowest BCUT2D eigenvalue weighted by molar-refractivity contribution is 0.366. The standard InChI is InChI=1S/C28H24N4.2BF4/c1-5-13-25-21(9-1)17-29-26-14-6-2-11-23(26)19-31-28-16-8-4-12-24(28)20-32-27-15-7-3-10-22(27)18-30-25;2*2-1(3,4)5/h1-17,20,30-31H,18-19H2;;/q;2*-1/p+2. The Hall–Kier alpha value is -4.61. The van der Waals surface area contributed by atoms with Crippen LogP contribution in [0.5, 0.6) is 0 Å². The highest BCUT2D eigenvalue weighted by Gasteiger charge is 2.21. The van der Waals surface area contributed by atoms with Crippen LogP contribution in [0.2, 0.25) is 0 Å². The molecule has 4 aromatic carbocycles. The predicted octanol–water partition coefficient (Wildman–Crippen LogP) is 9.55. The fraction of sp³-hybridized carbons (Fsp3) is 0.0714. The third kappa shape index (κ3) is 11.9. The molecule has 0 radical (unpaired) electrons. The Kier molecular flexibility index (Phi) is 11.3. The molecule has 0 atom stereocenters. The number of anilines is 2. The second-order valence-corrected chi connectivity index (χ2v) is 8.65. The number of nitrogens with one attached hydrogen (secondary N) is 2. The van der Waals surface area contributed by atoms with Crippen LogP contribution in [0, 0.1) is 0 Å². The van der Waals surface area contributed by atoms with Crippen LogP contribution in [-0.2, 0) is 13.1 Å². The lowest BCUT2D eigenvalue weighted by Gasteiger charge is -2.13. The first kappa shape index (κ1) is 31.9. The summed E-state index contributed by atoms with van der Waals surface area (Å²) in [6.07, 6.45) is 3.87. The first-order valence-corrected chi connectivity index (χ1v) is 12.5. The van der Waals surface area contributed by atoms with E-state index in [4.69, 9.17) is 9.98 Å². The molecule has 0 fully saturated rings. The van der Waals surface area contributed by atoms with Gasteiger partial charge in [0.05, 0.1) is 11.4 Å². The molecule has 0 bridgehead atoms. The van der Waals surface area contributed by atoms with Crippen molar-refractivity contribution in [1.29, 1.82) is 0 Å². The molecule has 5 rings (SSSR count). The van der Waals surface area contributed by atoms with Crippen molar-refractivity contribution in [2.75, 3.05) is 10.6 Å². The molecular weight excluding hydrogens is 566 g/mol. The zero-order valence-electron chi connectivity index (χ0n) is 23.9. The van der Waals surface area contributed by atoms with Crippen LogP contribution in [0.15, 0.2) is 107 Å². The summed E-state index contributed by atoms with van der Waals surface area (Å²) in [5.74, 6) is 0. The van der Waals surface area contributed by atoms with Crippen LogP contribution in [0.25, 0.3) is 0 Å². The Morgan fingerprint density at radius 1 is 0.476 bits per heavy atom. The Morgan fingerprint density at radius 3 is 1.17 bits per heavy atom. The van der Waals surface area contributed by atoms with Gasteiger partial charge in [0.25, 0.3) is 0 Å². The van der Waals surface area contributed by atoms with Crippen molar-refractivity contribution in [3.63, 3.8) is 0 Å². The maximum absolute atomic E-state index is 9.75. The molecule has 2 N–H and O–H groups in total. The van der Waals surface area contributed by atoms with Crippen LogP contribution in [0.4, 0.5) is 57.3 Å². The highest BCUT2D eigenvalue weighted by atomic mass is 19.5. The van der Waals surface area contributed by atoms with E-state index in [9.17, 15) is 34.5 Å². The number of nitrogens with zero attached hydrogens (tertiary/aromatic N) is 2. The number of para-hydroxylation sites is 4. The maximum Gasteiger partial charge on any atom is 1.00 e. The lowest BCUT2D eigenvalue weighted by Crippen LogP contribution is -2.04. The van der Waals surface area contributed by atoms with E-state index in [1.807, 2.05) is 61.0 Å². The number of rotatable bonds is 0. The Bertz CT molecular complexity index is 1300. The van der Waals surface area contributed by atoms with Crippen molar-refractivity contribution in [2.45, 2.75) is 13.1 Å². The van der Waals surface area contributed by atoms with Gasteiger partial charge in [-0.15, -0.1) is 0 Å². The Morgan fingerprint density at radius 2 is 0.786 bits per heavy atom. The van der Waals surface area contributed by atoms with Gasteiger partial charge in [-0.05, 0) is 35.4 Å². The highest BCUT2D eigenvalue weighted by Crippen LogP contribution is 2.25. The molecule has 0 aliphatic carbocycles. The van der Waals surface area contributed by atoms with E-state index in [1.165, 1.54) is 0 Å². The van der Waals surface area contributed by atoms with E-state index < -0.39 is 14.5 Å². The van der Waals surface area contributed by atoms with Crippen molar-refractivity contribution >= 4 is 49.7 Å². The van der Waals surface area contributed by atoms with Gasteiger partial charge in [-0.2, -0.15) is 0 Å². The van der Waals surface area contributed by atoms with Crippen LogP contribution in [0.1, 0.15) is 25.1 Å². The largest absolute Gasteiger partial charge is 1.00 e.